The maximum absolute atomic E-state index is 12.4. The van der Waals surface area contributed by atoms with Crippen LogP contribution >= 0.6 is 23.2 Å². The molecule has 26 heavy (non-hydrogen) atoms. The van der Waals surface area contributed by atoms with Crippen LogP contribution in [0.4, 0.5) is 11.4 Å². The Labute approximate surface area is 162 Å². The molecule has 2 N–H and O–H groups in total. The van der Waals surface area contributed by atoms with Crippen LogP contribution in [0.25, 0.3) is 0 Å². The summed E-state index contributed by atoms with van der Waals surface area (Å²) in [6.07, 6.45) is 2.11. The molecule has 0 saturated carbocycles. The van der Waals surface area contributed by atoms with E-state index in [1.54, 1.807) is 36.4 Å². The van der Waals surface area contributed by atoms with E-state index >= 15 is 0 Å². The molecule has 1 saturated heterocycles. The molecule has 0 aliphatic carbocycles. The van der Waals surface area contributed by atoms with Crippen LogP contribution in [-0.4, -0.2) is 36.3 Å². The number of carbonyl (C=O) groups is 2. The molecule has 2 aromatic rings. The predicted molar refractivity (Wildman–Crippen MR) is 105 cm³/mol. The Balaban J connectivity index is 1.58. The van der Waals surface area contributed by atoms with Crippen molar-refractivity contribution >= 4 is 46.4 Å². The van der Waals surface area contributed by atoms with Crippen LogP contribution in [-0.2, 0) is 4.79 Å². The minimum Gasteiger partial charge on any atom is -0.376 e. The second kappa shape index (κ2) is 8.43. The summed E-state index contributed by atoms with van der Waals surface area (Å²) in [7, 11) is 0. The van der Waals surface area contributed by atoms with E-state index in [1.165, 1.54) is 0 Å². The number of carbonyl (C=O) groups excluding carboxylic acids is 2. The summed E-state index contributed by atoms with van der Waals surface area (Å²) in [6, 6.07) is 12.1. The largest absolute Gasteiger partial charge is 0.376 e. The van der Waals surface area contributed by atoms with Crippen molar-refractivity contribution < 1.29 is 9.59 Å². The van der Waals surface area contributed by atoms with Crippen molar-refractivity contribution in [2.75, 3.05) is 30.3 Å². The van der Waals surface area contributed by atoms with Gasteiger partial charge in [-0.25, -0.2) is 0 Å². The van der Waals surface area contributed by atoms with Gasteiger partial charge in [0.05, 0.1) is 17.3 Å². The number of likely N-dealkylation sites (tertiary alicyclic amines) is 1. The van der Waals surface area contributed by atoms with Gasteiger partial charge in [-0.05, 0) is 49.2 Å². The van der Waals surface area contributed by atoms with Gasteiger partial charge in [0.1, 0.15) is 0 Å². The Bertz CT molecular complexity index is 820. The topological polar surface area (TPSA) is 61.4 Å². The molecule has 0 spiro atoms. The number of nitrogens with zero attached hydrogens (tertiary/aromatic N) is 1. The van der Waals surface area contributed by atoms with E-state index in [-0.39, 0.29) is 18.4 Å². The van der Waals surface area contributed by atoms with Gasteiger partial charge in [-0.15, -0.1) is 0 Å². The number of rotatable bonds is 5. The highest BCUT2D eigenvalue weighted by molar-refractivity contribution is 6.36. The molecule has 1 heterocycles. The maximum atomic E-state index is 12.4. The first kappa shape index (κ1) is 18.5. The van der Waals surface area contributed by atoms with Crippen LogP contribution < -0.4 is 10.6 Å². The number of halogens is 2. The van der Waals surface area contributed by atoms with Crippen LogP contribution in [0.3, 0.4) is 0 Å². The van der Waals surface area contributed by atoms with Gasteiger partial charge in [-0.1, -0.05) is 29.3 Å². The molecule has 0 bridgehead atoms. The van der Waals surface area contributed by atoms with Crippen LogP contribution in [0.1, 0.15) is 23.2 Å². The van der Waals surface area contributed by atoms with Gasteiger partial charge in [-0.2, -0.15) is 0 Å². The fourth-order valence-corrected chi connectivity index (χ4v) is 3.29. The molecular weight excluding hydrogens is 373 g/mol. The zero-order valence-corrected chi connectivity index (χ0v) is 15.6. The average molecular weight is 392 g/mol. The Morgan fingerprint density at radius 3 is 2.54 bits per heavy atom. The lowest BCUT2D eigenvalue weighted by atomic mass is 10.1. The number of nitrogens with one attached hydrogen (secondary N) is 2. The van der Waals surface area contributed by atoms with E-state index < -0.39 is 0 Å². The summed E-state index contributed by atoms with van der Waals surface area (Å²) < 4.78 is 0. The van der Waals surface area contributed by atoms with Crippen molar-refractivity contribution in [3.63, 3.8) is 0 Å². The van der Waals surface area contributed by atoms with Crippen molar-refractivity contribution in [2.45, 2.75) is 12.8 Å². The van der Waals surface area contributed by atoms with E-state index in [2.05, 4.69) is 10.6 Å². The second-order valence-electron chi connectivity index (χ2n) is 6.11. The molecule has 0 unspecified atom stereocenters. The number of benzene rings is 2. The first-order valence-corrected chi connectivity index (χ1v) is 9.16. The van der Waals surface area contributed by atoms with E-state index in [1.807, 2.05) is 11.0 Å². The lowest BCUT2D eigenvalue weighted by Crippen LogP contribution is -2.27. The summed E-state index contributed by atoms with van der Waals surface area (Å²) in [6.45, 7) is 1.67. The van der Waals surface area contributed by atoms with E-state index in [0.29, 0.717) is 27.0 Å². The first-order chi connectivity index (χ1) is 12.5. The third kappa shape index (κ3) is 4.68. The minimum absolute atomic E-state index is 0.0311. The Kier molecular flexibility index (Phi) is 6.01. The molecule has 0 atom stereocenters. The highest BCUT2D eigenvalue weighted by atomic mass is 35.5. The molecule has 2 aromatic carbocycles. The number of anilines is 2. The van der Waals surface area contributed by atoms with Gasteiger partial charge in [-0.3, -0.25) is 9.59 Å². The highest BCUT2D eigenvalue weighted by Crippen LogP contribution is 2.25. The fraction of sp³-hybridized carbons (Fsp3) is 0.263. The molecule has 1 fully saturated rings. The Hall–Kier alpha value is -2.24. The van der Waals surface area contributed by atoms with Crippen molar-refractivity contribution in [1.82, 2.24) is 4.90 Å². The molecule has 7 heteroatoms. The number of hydrogen-bond acceptors (Lipinski definition) is 3. The SMILES string of the molecule is O=C(CNc1cccc(C(=O)N2CCCC2)c1)Nc1ccc(Cl)cc1Cl. The van der Waals surface area contributed by atoms with Crippen LogP contribution in [0, 0.1) is 0 Å². The van der Waals surface area contributed by atoms with Gasteiger partial charge < -0.3 is 15.5 Å². The van der Waals surface area contributed by atoms with Crippen molar-refractivity contribution in [1.29, 1.82) is 0 Å². The summed E-state index contributed by atoms with van der Waals surface area (Å²) in [5.74, 6) is -0.214. The van der Waals surface area contributed by atoms with Gasteiger partial charge in [0, 0.05) is 29.4 Å². The third-order valence-corrected chi connectivity index (χ3v) is 4.71. The van der Waals surface area contributed by atoms with Crippen LogP contribution in [0.15, 0.2) is 42.5 Å². The van der Waals surface area contributed by atoms with Crippen LogP contribution in [0.5, 0.6) is 0 Å². The predicted octanol–water partition coefficient (Wildman–Crippen LogP) is 4.28. The van der Waals surface area contributed by atoms with Gasteiger partial charge in [0.2, 0.25) is 5.91 Å². The van der Waals surface area contributed by atoms with Crippen LogP contribution in [0.2, 0.25) is 10.0 Å². The smallest absolute Gasteiger partial charge is 0.253 e. The lowest BCUT2D eigenvalue weighted by molar-refractivity contribution is -0.114. The Morgan fingerprint density at radius 1 is 1.04 bits per heavy atom. The number of amides is 2. The van der Waals surface area contributed by atoms with Gasteiger partial charge >= 0.3 is 0 Å². The monoisotopic (exact) mass is 391 g/mol. The van der Waals surface area contributed by atoms with E-state index in [9.17, 15) is 9.59 Å². The minimum atomic E-state index is -0.245. The molecule has 0 aromatic heterocycles. The zero-order chi connectivity index (χ0) is 18.5. The molecule has 1 aliphatic heterocycles. The molecule has 136 valence electrons. The standard InChI is InChI=1S/C19H19Cl2N3O2/c20-14-6-7-17(16(21)11-14)23-18(25)12-22-15-5-3-4-13(10-15)19(26)24-8-1-2-9-24/h3-7,10-11,22H,1-2,8-9,12H2,(H,23,25). The number of hydrogen-bond donors (Lipinski definition) is 2. The van der Waals surface area contributed by atoms with E-state index in [4.69, 9.17) is 23.2 Å². The summed E-state index contributed by atoms with van der Waals surface area (Å²) >= 11 is 11.9. The van der Waals surface area contributed by atoms with Crippen molar-refractivity contribution in [3.8, 4) is 0 Å². The highest BCUT2D eigenvalue weighted by Gasteiger charge is 2.19. The summed E-state index contributed by atoms with van der Waals surface area (Å²) in [5.41, 5.74) is 1.84. The quantitative estimate of drug-likeness (QED) is 0.799. The zero-order valence-electron chi connectivity index (χ0n) is 14.1. The maximum Gasteiger partial charge on any atom is 0.253 e. The third-order valence-electron chi connectivity index (χ3n) is 4.16. The second-order valence-corrected chi connectivity index (χ2v) is 6.95. The molecule has 2 amide bonds. The van der Waals surface area contributed by atoms with Crippen molar-refractivity contribution in [2.24, 2.45) is 0 Å². The van der Waals surface area contributed by atoms with Gasteiger partial charge in [0.25, 0.3) is 5.91 Å². The molecule has 3 rings (SSSR count). The summed E-state index contributed by atoms with van der Waals surface area (Å²) in [5, 5.41) is 6.64. The summed E-state index contributed by atoms with van der Waals surface area (Å²) in [4.78, 5) is 26.4. The van der Waals surface area contributed by atoms with E-state index in [0.717, 1.165) is 25.9 Å². The first-order valence-electron chi connectivity index (χ1n) is 8.41. The Morgan fingerprint density at radius 2 is 1.81 bits per heavy atom. The molecule has 0 radical (unpaired) electrons. The normalized spacial score (nSPS) is 13.5. The fourth-order valence-electron chi connectivity index (χ4n) is 2.83. The molecular formula is C19H19Cl2N3O2. The molecule has 1 aliphatic rings. The average Bonchev–Trinajstić information content (AvgIpc) is 3.17. The van der Waals surface area contributed by atoms with Gasteiger partial charge in [0.15, 0.2) is 0 Å². The molecule has 5 nitrogen and oxygen atoms in total. The van der Waals surface area contributed by atoms with Crippen molar-refractivity contribution in [3.05, 3.63) is 58.1 Å². The lowest BCUT2D eigenvalue weighted by Gasteiger charge is -2.16.